The van der Waals surface area contributed by atoms with Crippen LogP contribution in [0.4, 0.5) is 5.69 Å². The summed E-state index contributed by atoms with van der Waals surface area (Å²) in [6, 6.07) is 8.26. The van der Waals surface area contributed by atoms with Crippen LogP contribution >= 0.6 is 0 Å². The Kier molecular flexibility index (Phi) is 18.6. The van der Waals surface area contributed by atoms with Crippen LogP contribution in [0.2, 0.25) is 0 Å². The van der Waals surface area contributed by atoms with E-state index in [0.29, 0.717) is 63.4 Å². The first-order chi connectivity index (χ1) is 34.3. The number of carbonyl (C=O) groups excluding carboxylic acids is 5. The van der Waals surface area contributed by atoms with Crippen LogP contribution in [0.1, 0.15) is 112 Å². The number of ketones is 3. The van der Waals surface area contributed by atoms with Gasteiger partial charge in [-0.1, -0.05) is 64.1 Å². The number of anilines is 1. The summed E-state index contributed by atoms with van der Waals surface area (Å²) in [5.41, 5.74) is 2.01. The van der Waals surface area contributed by atoms with Crippen molar-refractivity contribution in [3.05, 3.63) is 65.8 Å². The van der Waals surface area contributed by atoms with Gasteiger partial charge < -0.3 is 43.9 Å². The van der Waals surface area contributed by atoms with Crippen LogP contribution in [0.25, 0.3) is 0 Å². The van der Waals surface area contributed by atoms with Gasteiger partial charge in [0.1, 0.15) is 36.2 Å². The Bertz CT molecular complexity index is 2180. The van der Waals surface area contributed by atoms with E-state index in [9.17, 15) is 39.3 Å². The minimum Gasteiger partial charge on any atom is -0.460 e. The topological polar surface area (TPSA) is 208 Å². The van der Waals surface area contributed by atoms with Gasteiger partial charge >= 0.3 is 5.97 Å². The zero-order chi connectivity index (χ0) is 52.2. The Balaban J connectivity index is 1.24. The summed E-state index contributed by atoms with van der Waals surface area (Å²) >= 11 is 0. The molecule has 0 aromatic heterocycles. The van der Waals surface area contributed by atoms with Gasteiger partial charge in [-0.15, -0.1) is 0 Å². The van der Waals surface area contributed by atoms with Crippen LogP contribution in [0, 0.1) is 41.4 Å². The van der Waals surface area contributed by atoms with E-state index in [4.69, 9.17) is 28.5 Å². The van der Waals surface area contributed by atoms with Crippen LogP contribution < -0.4 is 5.06 Å². The van der Waals surface area contributed by atoms with Crippen molar-refractivity contribution in [2.75, 3.05) is 32.9 Å². The number of allylic oxidation sites excluding steroid dienone is 1. The second-order valence-corrected chi connectivity index (χ2v) is 21.9. The molecule has 8 aliphatic heterocycles. The predicted molar refractivity (Wildman–Crippen MR) is 267 cm³/mol. The monoisotopic (exact) mass is 1000 g/mol. The third kappa shape index (κ3) is 12.0. The molecule has 9 unspecified atom stereocenters. The molecule has 0 radical (unpaired) electrons. The molecule has 3 saturated heterocycles. The van der Waals surface area contributed by atoms with E-state index >= 15 is 0 Å². The number of hydrogen-bond acceptors (Lipinski definition) is 15. The van der Waals surface area contributed by atoms with Gasteiger partial charge in [-0.05, 0) is 119 Å². The zero-order valence-corrected chi connectivity index (χ0v) is 43.7. The number of hydrogen-bond donors (Lipinski definition) is 3. The Hall–Kier alpha value is -4.13. The van der Waals surface area contributed by atoms with Gasteiger partial charge in [-0.25, -0.2) is 9.86 Å². The highest BCUT2D eigenvalue weighted by Crippen LogP contribution is 2.45. The molecule has 1 aromatic carbocycles. The Morgan fingerprint density at radius 1 is 0.819 bits per heavy atom. The lowest BCUT2D eigenvalue weighted by Crippen LogP contribution is -2.65. The third-order valence-electron chi connectivity index (χ3n) is 16.9. The molecule has 10 rings (SSSR count). The Labute approximate surface area is 425 Å². The number of Topliss-reactive ketones (excluding diaryl/α,β-unsaturated/α-hetero) is 3. The normalized spacial score (nSPS) is 40.9. The van der Waals surface area contributed by atoms with Crippen molar-refractivity contribution in [3.63, 3.8) is 0 Å². The molecule has 18 atom stereocenters. The number of amides is 1. The summed E-state index contributed by atoms with van der Waals surface area (Å²) in [5.74, 6) is -8.91. The van der Waals surface area contributed by atoms with E-state index in [1.165, 1.54) is 12.0 Å². The number of piperidine rings is 1. The van der Waals surface area contributed by atoms with E-state index in [-0.39, 0.29) is 48.8 Å². The van der Waals surface area contributed by atoms with Crippen molar-refractivity contribution in [1.82, 2.24) is 4.90 Å². The quantitative estimate of drug-likeness (QED) is 0.169. The number of carbonyl (C=O) groups is 5. The van der Waals surface area contributed by atoms with Crippen LogP contribution in [0.15, 0.2) is 65.8 Å². The number of esters is 1. The van der Waals surface area contributed by atoms with Gasteiger partial charge in [0.05, 0.1) is 36.1 Å². The van der Waals surface area contributed by atoms with Crippen molar-refractivity contribution >= 4 is 34.9 Å². The van der Waals surface area contributed by atoms with Crippen LogP contribution in [-0.2, 0) is 52.5 Å². The summed E-state index contributed by atoms with van der Waals surface area (Å²) in [6.07, 6.45) is 6.11. The number of hydroxylamine groups is 1. The number of aliphatic hydroxyl groups excluding tert-OH is 2. The molecule has 9 aliphatic rings. The minimum absolute atomic E-state index is 0.0402. The van der Waals surface area contributed by atoms with Gasteiger partial charge in [0.2, 0.25) is 5.79 Å². The Morgan fingerprint density at radius 2 is 1.56 bits per heavy atom. The fourth-order valence-corrected chi connectivity index (χ4v) is 12.6. The molecule has 8 bridgehead atoms. The fraction of sp³-hybridized carbons (Fsp3) is 0.696. The van der Waals surface area contributed by atoms with Crippen molar-refractivity contribution in [3.8, 4) is 0 Å². The number of benzene rings is 1. The van der Waals surface area contributed by atoms with Gasteiger partial charge in [0, 0.05) is 64.4 Å². The fourth-order valence-electron chi connectivity index (χ4n) is 12.6. The molecule has 16 nitrogen and oxygen atoms in total. The highest BCUT2D eigenvalue weighted by molar-refractivity contribution is 6.39. The van der Waals surface area contributed by atoms with Gasteiger partial charge in [0.15, 0.2) is 5.78 Å². The summed E-state index contributed by atoms with van der Waals surface area (Å²) in [7, 11) is 4.53. The van der Waals surface area contributed by atoms with Crippen molar-refractivity contribution in [1.29, 1.82) is 0 Å². The number of nitrogens with zero attached hydrogens (tertiary/aromatic N) is 2. The van der Waals surface area contributed by atoms with E-state index in [1.807, 2.05) is 61.4 Å². The lowest BCUT2D eigenvalue weighted by Gasteiger charge is -2.50. The Morgan fingerprint density at radius 3 is 2.25 bits per heavy atom. The van der Waals surface area contributed by atoms with Crippen LogP contribution in [-0.4, -0.2) is 144 Å². The molecule has 4 fully saturated rings. The molecule has 1 saturated carbocycles. The summed E-state index contributed by atoms with van der Waals surface area (Å²) < 4.78 is 29.9. The molecule has 16 heteroatoms. The smallest absolute Gasteiger partial charge is 0.329 e. The average molecular weight is 1010 g/mol. The third-order valence-corrected chi connectivity index (χ3v) is 16.9. The number of methoxy groups -OCH3 is 3. The average Bonchev–Trinajstić information content (AvgIpc) is 3.37. The maximum absolute atomic E-state index is 14.6. The predicted octanol–water partition coefficient (Wildman–Crippen LogP) is 6.03. The van der Waals surface area contributed by atoms with Gasteiger partial charge in [-0.2, -0.15) is 0 Å². The number of ether oxygens (including phenoxy) is 5. The van der Waals surface area contributed by atoms with Gasteiger partial charge in [0.25, 0.3) is 11.7 Å². The first-order valence-electron chi connectivity index (χ1n) is 26.3. The molecular weight excluding hydrogens is 925 g/mol. The lowest BCUT2D eigenvalue weighted by atomic mass is 9.68. The van der Waals surface area contributed by atoms with E-state index in [0.717, 1.165) is 11.3 Å². The van der Waals surface area contributed by atoms with Gasteiger partial charge in [-0.3, -0.25) is 24.0 Å². The maximum atomic E-state index is 14.6. The second-order valence-electron chi connectivity index (χ2n) is 21.9. The molecule has 398 valence electrons. The standard InChI is InChI=1S/C56H80N2O14/c1-31-24-34(4)50(61)52(69-9)51(62)35(5)25-32(2)45(60)30-47-42(27-37-18-22-44(59)48(28-37)68-8)41-16-13-23-57(49(41)55(65)70-47)54(64)53(63)56(66)36(6)17-19-39(71-56)29-46(67-7)33(3)26-40-20-21-43(31)58(72-40)38-14-11-10-12-15-38/h10-12,14-15,20-21,25-26,31-32,34,36-37,39-44,46-49,51-52,59,62,66H,13,16-19,22-24,27-30H2,1-9H3/b33-26?,35-25+/t31-,32+,34?,36?,37-,39-,40?,41?,42-,43?,44?,46-,47-,48+,49?,51?,52-,56?/m0/s1. The molecule has 0 spiro atoms. The highest BCUT2D eigenvalue weighted by atomic mass is 16.7. The highest BCUT2D eigenvalue weighted by Gasteiger charge is 2.57. The number of rotatable bonds is 6. The summed E-state index contributed by atoms with van der Waals surface area (Å²) in [6.45, 7) is 10.9. The van der Waals surface area contributed by atoms with Crippen molar-refractivity contribution in [2.45, 2.75) is 179 Å². The van der Waals surface area contributed by atoms with E-state index in [1.54, 1.807) is 41.1 Å². The lowest BCUT2D eigenvalue weighted by molar-refractivity contribution is -0.266. The van der Waals surface area contributed by atoms with E-state index in [2.05, 4.69) is 13.0 Å². The number of para-hydroxylation sites is 1. The summed E-state index contributed by atoms with van der Waals surface area (Å²) in [4.78, 5) is 80.0. The summed E-state index contributed by atoms with van der Waals surface area (Å²) in [5, 5.41) is 36.5. The molecule has 1 amide bonds. The van der Waals surface area contributed by atoms with E-state index < -0.39 is 108 Å². The molecule has 3 N–H and O–H groups in total. The zero-order valence-electron chi connectivity index (χ0n) is 43.7. The minimum atomic E-state index is -2.48. The molecular formula is C56H80N2O14. The van der Waals surface area contributed by atoms with Crippen LogP contribution in [0.3, 0.4) is 0 Å². The number of aliphatic hydroxyl groups is 3. The van der Waals surface area contributed by atoms with Crippen LogP contribution in [0.5, 0.6) is 0 Å². The molecule has 1 aromatic rings. The SMILES string of the molecule is CO[C@H]1C[C@@H]2CCC(C)C(O)(O2)C(=O)C(=O)N2CCCC3C2C(=O)O[C@@H](CC(=O)[C@H](C)/C=C(\C)C(O)[C@@H](OC)C(=O)C(C)C[C@H](C)C2C=CC(C=C1C)ON2c1ccccc1)[C@H]3C[C@@H]1CCC(O)[C@H](OC)C1. The molecule has 8 heterocycles. The first-order valence-corrected chi connectivity index (χ1v) is 26.3. The largest absolute Gasteiger partial charge is 0.460 e. The molecule has 72 heavy (non-hydrogen) atoms. The van der Waals surface area contributed by atoms with Crippen molar-refractivity contribution < 1.29 is 67.8 Å². The molecule has 1 aliphatic carbocycles. The van der Waals surface area contributed by atoms with Crippen molar-refractivity contribution in [2.24, 2.45) is 41.4 Å². The first kappa shape index (κ1) is 55.6. The second kappa shape index (κ2) is 24.0. The maximum Gasteiger partial charge on any atom is 0.329 e.